The Balaban J connectivity index is 2.25. The van der Waals surface area contributed by atoms with Crippen LogP contribution in [0.4, 0.5) is 0 Å². The van der Waals surface area contributed by atoms with Crippen molar-refractivity contribution in [2.24, 2.45) is 5.92 Å². The third-order valence-electron chi connectivity index (χ3n) is 4.88. The molecular weight excluding hydrogens is 252 g/mol. The van der Waals surface area contributed by atoms with Gasteiger partial charge in [-0.15, -0.1) is 0 Å². The Bertz CT molecular complexity index is 381. The zero-order valence-corrected chi connectivity index (χ0v) is 13.8. The lowest BCUT2D eigenvalue weighted by atomic mass is 9.91. The Hall–Kier alpha value is -0.610. The Morgan fingerprint density at radius 1 is 1.40 bits per heavy atom. The lowest BCUT2D eigenvalue weighted by Crippen LogP contribution is -2.52. The minimum absolute atomic E-state index is 0.129. The molecule has 0 aromatic heterocycles. The van der Waals surface area contributed by atoms with E-state index in [1.54, 1.807) is 0 Å². The lowest BCUT2D eigenvalue weighted by molar-refractivity contribution is -0.142. The van der Waals surface area contributed by atoms with Gasteiger partial charge in [-0.05, 0) is 46.0 Å². The fraction of sp³-hybridized carbons (Fsp3) is 0.938. The second kappa shape index (κ2) is 5.30. The van der Waals surface area contributed by atoms with Gasteiger partial charge >= 0.3 is 0 Å². The summed E-state index contributed by atoms with van der Waals surface area (Å²) in [6.45, 7) is 13.5. The maximum Gasteiger partial charge on any atom is 0.244 e. The van der Waals surface area contributed by atoms with E-state index in [1.165, 1.54) is 0 Å². The molecule has 1 amide bonds. The minimum atomic E-state index is -0.405. The Morgan fingerprint density at radius 2 is 2.05 bits per heavy atom. The summed E-state index contributed by atoms with van der Waals surface area (Å²) in [6.07, 6.45) is 2.84. The molecule has 0 aliphatic carbocycles. The van der Waals surface area contributed by atoms with Crippen molar-refractivity contribution in [1.29, 1.82) is 0 Å². The van der Waals surface area contributed by atoms with Crippen LogP contribution in [0.5, 0.6) is 0 Å². The van der Waals surface area contributed by atoms with E-state index >= 15 is 0 Å². The van der Waals surface area contributed by atoms with Gasteiger partial charge in [0.1, 0.15) is 0 Å². The van der Waals surface area contributed by atoms with E-state index in [9.17, 15) is 4.79 Å². The van der Waals surface area contributed by atoms with Crippen LogP contribution in [0.15, 0.2) is 0 Å². The SMILES string of the molecule is CCC1(C)NC(C(C)C)N(C2CCOC(C)(C)C2)C1=O. The van der Waals surface area contributed by atoms with Crippen LogP contribution in [-0.4, -0.2) is 40.8 Å². The summed E-state index contributed by atoms with van der Waals surface area (Å²) in [5.74, 6) is 0.680. The second-order valence-corrected chi connectivity index (χ2v) is 7.49. The van der Waals surface area contributed by atoms with Crippen LogP contribution in [0.2, 0.25) is 0 Å². The van der Waals surface area contributed by atoms with Crippen LogP contribution in [0.25, 0.3) is 0 Å². The summed E-state index contributed by atoms with van der Waals surface area (Å²) in [5.41, 5.74) is -0.534. The summed E-state index contributed by atoms with van der Waals surface area (Å²) in [7, 11) is 0. The number of amides is 1. The molecule has 2 saturated heterocycles. The maximum absolute atomic E-state index is 12.9. The first kappa shape index (κ1) is 15.8. The number of ether oxygens (including phenoxy) is 1. The molecule has 20 heavy (non-hydrogen) atoms. The molecule has 2 aliphatic heterocycles. The van der Waals surface area contributed by atoms with Crippen LogP contribution in [0, 0.1) is 5.92 Å². The number of hydrogen-bond acceptors (Lipinski definition) is 3. The molecule has 3 unspecified atom stereocenters. The van der Waals surface area contributed by atoms with Gasteiger partial charge in [-0.25, -0.2) is 0 Å². The zero-order chi connectivity index (χ0) is 15.1. The van der Waals surface area contributed by atoms with Gasteiger partial charge in [0.25, 0.3) is 0 Å². The van der Waals surface area contributed by atoms with Crippen molar-refractivity contribution >= 4 is 5.91 Å². The molecule has 4 nitrogen and oxygen atoms in total. The molecule has 4 heteroatoms. The van der Waals surface area contributed by atoms with Crippen molar-refractivity contribution in [3.8, 4) is 0 Å². The fourth-order valence-corrected chi connectivity index (χ4v) is 3.44. The van der Waals surface area contributed by atoms with Gasteiger partial charge < -0.3 is 9.64 Å². The third-order valence-corrected chi connectivity index (χ3v) is 4.88. The van der Waals surface area contributed by atoms with Gasteiger partial charge in [0, 0.05) is 12.6 Å². The highest BCUT2D eigenvalue weighted by atomic mass is 16.5. The molecule has 0 aromatic rings. The Kier molecular flexibility index (Phi) is 4.18. The van der Waals surface area contributed by atoms with Crippen LogP contribution >= 0.6 is 0 Å². The molecule has 2 heterocycles. The molecule has 0 saturated carbocycles. The van der Waals surface area contributed by atoms with Crippen molar-refractivity contribution < 1.29 is 9.53 Å². The average molecular weight is 282 g/mol. The Labute approximate surface area is 123 Å². The van der Waals surface area contributed by atoms with Crippen molar-refractivity contribution in [3.63, 3.8) is 0 Å². The quantitative estimate of drug-likeness (QED) is 0.865. The number of rotatable bonds is 3. The van der Waals surface area contributed by atoms with Crippen LogP contribution in [0.1, 0.15) is 60.8 Å². The first-order valence-corrected chi connectivity index (χ1v) is 7.94. The predicted molar refractivity (Wildman–Crippen MR) is 80.4 cm³/mol. The van der Waals surface area contributed by atoms with Crippen LogP contribution in [-0.2, 0) is 9.53 Å². The highest BCUT2D eigenvalue weighted by Gasteiger charge is 2.51. The maximum atomic E-state index is 12.9. The lowest BCUT2D eigenvalue weighted by Gasteiger charge is -2.42. The first-order valence-electron chi connectivity index (χ1n) is 7.94. The summed E-state index contributed by atoms with van der Waals surface area (Å²) in [6, 6.07) is 0.291. The minimum Gasteiger partial charge on any atom is -0.375 e. The summed E-state index contributed by atoms with van der Waals surface area (Å²) in [5, 5.41) is 3.58. The van der Waals surface area contributed by atoms with Gasteiger partial charge in [-0.1, -0.05) is 20.8 Å². The molecule has 0 aromatic carbocycles. The normalized spacial score (nSPS) is 37.8. The fourth-order valence-electron chi connectivity index (χ4n) is 3.44. The molecule has 2 rings (SSSR count). The van der Waals surface area contributed by atoms with E-state index in [4.69, 9.17) is 4.74 Å². The van der Waals surface area contributed by atoms with Gasteiger partial charge in [-0.3, -0.25) is 10.1 Å². The van der Waals surface area contributed by atoms with Gasteiger partial charge in [0.15, 0.2) is 0 Å². The highest BCUT2D eigenvalue weighted by molar-refractivity contribution is 5.88. The van der Waals surface area contributed by atoms with Crippen molar-refractivity contribution in [3.05, 3.63) is 0 Å². The van der Waals surface area contributed by atoms with E-state index in [0.717, 1.165) is 25.9 Å². The summed E-state index contributed by atoms with van der Waals surface area (Å²) >= 11 is 0. The van der Waals surface area contributed by atoms with Crippen molar-refractivity contribution in [2.45, 2.75) is 84.2 Å². The molecule has 3 atom stereocenters. The largest absolute Gasteiger partial charge is 0.375 e. The number of carbonyl (C=O) groups is 1. The molecular formula is C16H30N2O2. The molecule has 116 valence electrons. The number of nitrogens with one attached hydrogen (secondary N) is 1. The molecule has 1 N–H and O–H groups in total. The number of nitrogens with zero attached hydrogens (tertiary/aromatic N) is 1. The molecule has 0 spiro atoms. The van der Waals surface area contributed by atoms with E-state index in [1.807, 2.05) is 6.92 Å². The van der Waals surface area contributed by atoms with Gasteiger partial charge in [0.2, 0.25) is 5.91 Å². The monoisotopic (exact) mass is 282 g/mol. The summed E-state index contributed by atoms with van der Waals surface area (Å²) < 4.78 is 5.81. The molecule has 0 radical (unpaired) electrons. The third kappa shape index (κ3) is 2.73. The molecule has 0 bridgehead atoms. The van der Waals surface area contributed by atoms with E-state index in [0.29, 0.717) is 12.0 Å². The highest BCUT2D eigenvalue weighted by Crippen LogP contribution is 2.35. The van der Waals surface area contributed by atoms with Crippen molar-refractivity contribution in [1.82, 2.24) is 10.2 Å². The predicted octanol–water partition coefficient (Wildman–Crippen LogP) is 2.53. The van der Waals surface area contributed by atoms with E-state index in [2.05, 4.69) is 44.8 Å². The van der Waals surface area contributed by atoms with E-state index < -0.39 is 5.54 Å². The second-order valence-electron chi connectivity index (χ2n) is 7.49. The van der Waals surface area contributed by atoms with Crippen LogP contribution < -0.4 is 5.32 Å². The molecule has 2 aliphatic rings. The standard InChI is InChI=1S/C16H30N2O2/c1-7-16(6)14(19)18(13(17-16)11(2)3)12-8-9-20-15(4,5)10-12/h11-13,17H,7-10H2,1-6H3. The van der Waals surface area contributed by atoms with Gasteiger partial charge in [0.05, 0.1) is 17.3 Å². The number of carbonyl (C=O) groups excluding carboxylic acids is 1. The first-order chi connectivity index (χ1) is 9.20. The topological polar surface area (TPSA) is 41.6 Å². The van der Waals surface area contributed by atoms with Crippen molar-refractivity contribution in [2.75, 3.05) is 6.61 Å². The molecule has 2 fully saturated rings. The smallest absolute Gasteiger partial charge is 0.244 e. The Morgan fingerprint density at radius 3 is 2.55 bits per heavy atom. The average Bonchev–Trinajstić information content (AvgIpc) is 2.62. The van der Waals surface area contributed by atoms with E-state index in [-0.39, 0.29) is 17.7 Å². The van der Waals surface area contributed by atoms with Gasteiger partial charge in [-0.2, -0.15) is 0 Å². The number of hydrogen-bond donors (Lipinski definition) is 1. The zero-order valence-electron chi connectivity index (χ0n) is 13.8. The van der Waals surface area contributed by atoms with Crippen LogP contribution in [0.3, 0.4) is 0 Å². The summed E-state index contributed by atoms with van der Waals surface area (Å²) in [4.78, 5) is 15.0.